The minimum absolute atomic E-state index is 0.435. The molecular weight excluding hydrogens is 342 g/mol. The molecule has 148 valence electrons. The van der Waals surface area contributed by atoms with Gasteiger partial charge in [-0.05, 0) is 42.2 Å². The Hall–Kier alpha value is -2.47. The summed E-state index contributed by atoms with van der Waals surface area (Å²) < 4.78 is 15.7. The quantitative estimate of drug-likeness (QED) is 0.360. The molecule has 1 aromatic heterocycles. The van der Waals surface area contributed by atoms with E-state index in [1.54, 1.807) is 20.5 Å². The fourth-order valence-electron chi connectivity index (χ4n) is 2.68. The Labute approximate surface area is 162 Å². The van der Waals surface area contributed by atoms with E-state index in [4.69, 9.17) is 18.9 Å². The monoisotopic (exact) mass is 373 g/mol. The van der Waals surface area contributed by atoms with Crippen molar-refractivity contribution < 1.29 is 13.9 Å². The van der Waals surface area contributed by atoms with Crippen LogP contribution in [0.5, 0.6) is 5.75 Å². The van der Waals surface area contributed by atoms with Crippen LogP contribution in [-0.4, -0.2) is 46.4 Å². The molecular formula is C21H31N3O3. The van der Waals surface area contributed by atoms with Crippen LogP contribution in [0.3, 0.4) is 0 Å². The average Bonchev–Trinajstić information content (AvgIpc) is 3.20. The molecule has 1 atom stereocenters. The van der Waals surface area contributed by atoms with E-state index in [0.717, 1.165) is 49.9 Å². The number of aliphatic imine (C=N–C) groups is 1. The smallest absolute Gasteiger partial charge is 0.191 e. The molecule has 2 rings (SSSR count). The molecule has 0 saturated heterocycles. The molecule has 0 aliphatic heterocycles. The lowest BCUT2D eigenvalue weighted by molar-refractivity contribution is 0.203. The van der Waals surface area contributed by atoms with Crippen LogP contribution < -0.4 is 15.4 Å². The van der Waals surface area contributed by atoms with Crippen molar-refractivity contribution in [2.75, 3.05) is 40.5 Å². The predicted octanol–water partition coefficient (Wildman–Crippen LogP) is 2.89. The van der Waals surface area contributed by atoms with Crippen molar-refractivity contribution >= 4 is 5.96 Å². The molecule has 0 aliphatic carbocycles. The van der Waals surface area contributed by atoms with E-state index in [-0.39, 0.29) is 0 Å². The van der Waals surface area contributed by atoms with Gasteiger partial charge >= 0.3 is 0 Å². The molecule has 2 N–H and O–H groups in total. The van der Waals surface area contributed by atoms with Gasteiger partial charge in [0, 0.05) is 33.2 Å². The minimum atomic E-state index is 0.435. The Balaban J connectivity index is 1.82. The zero-order valence-electron chi connectivity index (χ0n) is 16.5. The molecule has 0 amide bonds. The first kappa shape index (κ1) is 20.8. The van der Waals surface area contributed by atoms with Crippen molar-refractivity contribution in [3.8, 4) is 5.75 Å². The number of nitrogens with zero attached hydrogens (tertiary/aromatic N) is 1. The number of hydrogen-bond donors (Lipinski definition) is 2. The number of ether oxygens (including phenoxy) is 2. The Kier molecular flexibility index (Phi) is 9.27. The number of nitrogens with one attached hydrogen (secondary N) is 2. The molecule has 6 heteroatoms. The summed E-state index contributed by atoms with van der Waals surface area (Å²) in [4.78, 5) is 4.73. The normalized spacial score (nSPS) is 12.6. The summed E-state index contributed by atoms with van der Waals surface area (Å²) in [6.07, 6.45) is 3.49. The van der Waals surface area contributed by atoms with Gasteiger partial charge in [0.05, 0.1) is 20.0 Å². The lowest BCUT2D eigenvalue weighted by Gasteiger charge is -2.14. The van der Waals surface area contributed by atoms with E-state index >= 15 is 0 Å². The zero-order chi connectivity index (χ0) is 19.3. The van der Waals surface area contributed by atoms with Gasteiger partial charge in [0.15, 0.2) is 5.96 Å². The summed E-state index contributed by atoms with van der Waals surface area (Å²) in [5.74, 6) is 3.09. The summed E-state index contributed by atoms with van der Waals surface area (Å²) in [7, 11) is 3.38. The topological polar surface area (TPSA) is 68.0 Å². The van der Waals surface area contributed by atoms with E-state index in [2.05, 4.69) is 29.7 Å². The Bertz CT molecular complexity index is 654. The zero-order valence-corrected chi connectivity index (χ0v) is 16.5. The summed E-state index contributed by atoms with van der Waals surface area (Å²) >= 11 is 0. The fourth-order valence-corrected chi connectivity index (χ4v) is 2.68. The molecule has 0 saturated carbocycles. The molecule has 1 aromatic carbocycles. The lowest BCUT2D eigenvalue weighted by Crippen LogP contribution is -2.40. The first-order valence-corrected chi connectivity index (χ1v) is 9.37. The van der Waals surface area contributed by atoms with Gasteiger partial charge in [0.25, 0.3) is 0 Å². The maximum Gasteiger partial charge on any atom is 0.191 e. The fraction of sp³-hybridized carbons (Fsp3) is 0.476. The van der Waals surface area contributed by atoms with Crippen LogP contribution in [-0.2, 0) is 17.6 Å². The van der Waals surface area contributed by atoms with Crippen LogP contribution in [0.2, 0.25) is 0 Å². The van der Waals surface area contributed by atoms with E-state index in [9.17, 15) is 0 Å². The SMILES string of the molecule is COCCNC(=NCC(C)Cc1ccc(OC)cc1)NCCc1ccco1. The van der Waals surface area contributed by atoms with Crippen molar-refractivity contribution in [1.29, 1.82) is 0 Å². The van der Waals surface area contributed by atoms with Crippen molar-refractivity contribution in [3.63, 3.8) is 0 Å². The van der Waals surface area contributed by atoms with Crippen LogP contribution in [0.25, 0.3) is 0 Å². The molecule has 1 heterocycles. The van der Waals surface area contributed by atoms with Crippen LogP contribution in [0.15, 0.2) is 52.1 Å². The first-order chi connectivity index (χ1) is 13.2. The summed E-state index contributed by atoms with van der Waals surface area (Å²) in [6.45, 7) is 5.08. The number of furan rings is 1. The van der Waals surface area contributed by atoms with Gasteiger partial charge in [-0.1, -0.05) is 19.1 Å². The van der Waals surface area contributed by atoms with E-state index in [1.165, 1.54) is 5.56 Å². The Morgan fingerprint density at radius 3 is 2.56 bits per heavy atom. The first-order valence-electron chi connectivity index (χ1n) is 9.37. The highest BCUT2D eigenvalue weighted by Gasteiger charge is 2.06. The lowest BCUT2D eigenvalue weighted by atomic mass is 10.0. The highest BCUT2D eigenvalue weighted by molar-refractivity contribution is 5.79. The second kappa shape index (κ2) is 12.0. The van der Waals surface area contributed by atoms with Crippen molar-refractivity contribution in [1.82, 2.24) is 10.6 Å². The van der Waals surface area contributed by atoms with Crippen molar-refractivity contribution in [2.24, 2.45) is 10.9 Å². The van der Waals surface area contributed by atoms with Gasteiger partial charge in [-0.2, -0.15) is 0 Å². The van der Waals surface area contributed by atoms with E-state index in [1.807, 2.05) is 24.3 Å². The number of methoxy groups -OCH3 is 2. The largest absolute Gasteiger partial charge is 0.497 e. The third kappa shape index (κ3) is 8.17. The number of rotatable bonds is 11. The Morgan fingerprint density at radius 2 is 1.89 bits per heavy atom. The van der Waals surface area contributed by atoms with Gasteiger partial charge in [-0.15, -0.1) is 0 Å². The van der Waals surface area contributed by atoms with Crippen LogP contribution >= 0.6 is 0 Å². The standard InChI is InChI=1S/C21H31N3O3/c1-17(15-18-6-8-19(26-3)9-7-18)16-24-21(23-12-14-25-2)22-11-10-20-5-4-13-27-20/h4-9,13,17H,10-12,14-16H2,1-3H3,(H2,22,23,24). The third-order valence-electron chi connectivity index (χ3n) is 4.15. The van der Waals surface area contributed by atoms with Gasteiger partial charge in [0.1, 0.15) is 11.5 Å². The summed E-state index contributed by atoms with van der Waals surface area (Å²) in [5, 5.41) is 6.66. The molecule has 2 aromatic rings. The maximum atomic E-state index is 5.37. The molecule has 0 radical (unpaired) electrons. The molecule has 1 unspecified atom stereocenters. The van der Waals surface area contributed by atoms with Gasteiger partial charge in [0.2, 0.25) is 0 Å². The average molecular weight is 373 g/mol. The van der Waals surface area contributed by atoms with E-state index in [0.29, 0.717) is 12.5 Å². The third-order valence-corrected chi connectivity index (χ3v) is 4.15. The summed E-state index contributed by atoms with van der Waals surface area (Å²) in [6, 6.07) is 12.1. The second-order valence-corrected chi connectivity index (χ2v) is 6.52. The molecule has 27 heavy (non-hydrogen) atoms. The molecule has 0 spiro atoms. The maximum absolute atomic E-state index is 5.37. The number of hydrogen-bond acceptors (Lipinski definition) is 4. The Morgan fingerprint density at radius 1 is 1.11 bits per heavy atom. The highest BCUT2D eigenvalue weighted by Crippen LogP contribution is 2.14. The predicted molar refractivity (Wildman–Crippen MR) is 108 cm³/mol. The molecule has 0 aliphatic rings. The summed E-state index contributed by atoms with van der Waals surface area (Å²) in [5.41, 5.74) is 1.29. The van der Waals surface area contributed by atoms with Crippen molar-refractivity contribution in [2.45, 2.75) is 19.8 Å². The minimum Gasteiger partial charge on any atom is -0.497 e. The molecule has 0 bridgehead atoms. The second-order valence-electron chi connectivity index (χ2n) is 6.52. The van der Waals surface area contributed by atoms with E-state index < -0.39 is 0 Å². The van der Waals surface area contributed by atoms with Crippen LogP contribution in [0, 0.1) is 5.92 Å². The van der Waals surface area contributed by atoms with Gasteiger partial charge in [-0.3, -0.25) is 4.99 Å². The number of benzene rings is 1. The van der Waals surface area contributed by atoms with Gasteiger partial charge < -0.3 is 24.5 Å². The van der Waals surface area contributed by atoms with Crippen LogP contribution in [0.1, 0.15) is 18.2 Å². The molecule has 6 nitrogen and oxygen atoms in total. The number of guanidine groups is 1. The molecule has 0 fully saturated rings. The van der Waals surface area contributed by atoms with Gasteiger partial charge in [-0.25, -0.2) is 0 Å². The van der Waals surface area contributed by atoms with Crippen LogP contribution in [0.4, 0.5) is 0 Å². The van der Waals surface area contributed by atoms with Crippen molar-refractivity contribution in [3.05, 3.63) is 54.0 Å². The highest BCUT2D eigenvalue weighted by atomic mass is 16.5.